The summed E-state index contributed by atoms with van der Waals surface area (Å²) in [7, 11) is 0. The maximum atomic E-state index is 13.8. The second kappa shape index (κ2) is 7.74. The second-order valence-corrected chi connectivity index (χ2v) is 7.71. The highest BCUT2D eigenvalue weighted by atomic mass is 19.4. The number of aromatic nitrogens is 4. The minimum atomic E-state index is -4.53. The molecule has 32 heavy (non-hydrogen) atoms. The van der Waals surface area contributed by atoms with Crippen LogP contribution in [-0.4, -0.2) is 44.1 Å². The predicted octanol–water partition coefficient (Wildman–Crippen LogP) is 4.92. The number of carbonyl (C=O) groups is 1. The number of amides is 1. The van der Waals surface area contributed by atoms with Gasteiger partial charge in [-0.05, 0) is 32.0 Å². The summed E-state index contributed by atoms with van der Waals surface area (Å²) in [5.74, 6) is -0.898. The Hall–Kier alpha value is -3.76. The van der Waals surface area contributed by atoms with Crippen LogP contribution in [0.25, 0.3) is 33.3 Å². The fourth-order valence-electron chi connectivity index (χ4n) is 3.21. The van der Waals surface area contributed by atoms with Gasteiger partial charge in [0, 0.05) is 26.8 Å². The molecule has 0 aliphatic carbocycles. The number of aromatic amines is 1. The van der Waals surface area contributed by atoms with Gasteiger partial charge < -0.3 is 15.6 Å². The summed E-state index contributed by atoms with van der Waals surface area (Å²) in [5, 5.41) is 5.84. The van der Waals surface area contributed by atoms with E-state index in [0.29, 0.717) is 27.5 Å². The molecule has 4 aromatic rings. The van der Waals surface area contributed by atoms with Gasteiger partial charge in [0.15, 0.2) is 5.82 Å². The zero-order chi connectivity index (χ0) is 23.1. The summed E-state index contributed by atoms with van der Waals surface area (Å²) >= 11 is 0. The number of H-pyrrole nitrogens is 1. The highest BCUT2D eigenvalue weighted by Gasteiger charge is 2.33. The minimum absolute atomic E-state index is 0. The lowest BCUT2D eigenvalue weighted by Crippen LogP contribution is -2.50. The molecule has 172 valence electrons. The number of benzene rings is 1. The second-order valence-electron chi connectivity index (χ2n) is 7.71. The van der Waals surface area contributed by atoms with E-state index in [0.717, 1.165) is 6.20 Å². The van der Waals surface area contributed by atoms with Gasteiger partial charge in [0.05, 0.1) is 11.7 Å². The van der Waals surface area contributed by atoms with Crippen LogP contribution in [0, 0.1) is 5.82 Å². The summed E-state index contributed by atoms with van der Waals surface area (Å²) in [5.41, 5.74) is 0.0398. The molecule has 4 rings (SSSR count). The van der Waals surface area contributed by atoms with Crippen molar-refractivity contribution < 1.29 is 26.6 Å². The van der Waals surface area contributed by atoms with E-state index in [4.69, 9.17) is 0 Å². The number of carbonyl (C=O) groups excluding carboxylic acids is 1. The van der Waals surface area contributed by atoms with Crippen LogP contribution < -0.4 is 10.6 Å². The van der Waals surface area contributed by atoms with Gasteiger partial charge in [-0.3, -0.25) is 4.79 Å². The number of anilines is 1. The number of halogens is 4. The molecule has 3 aromatic heterocycles. The molecular formula is C21H24F4N6O. The molecule has 11 heteroatoms. The molecular weight excluding hydrogens is 428 g/mol. The summed E-state index contributed by atoms with van der Waals surface area (Å²) in [6.07, 6.45) is -1.86. The van der Waals surface area contributed by atoms with E-state index in [1.54, 1.807) is 30.5 Å². The highest BCUT2D eigenvalue weighted by Crippen LogP contribution is 2.30. The Balaban J connectivity index is 0.00000204. The standard InChI is InChI=1S/C21H18F4N6O.3H2/c1-20(2,19(32)28-10-21(23,24)25)31-18-12-5-3-4-6-15(12)29-17(30-18)14-9-27-16-13(14)7-11(22)8-26-16;;;/h3-9H,10H2,1-2H3,(H,26,27)(H,28,32)(H,29,30,31);3*1H. The van der Waals surface area contributed by atoms with Gasteiger partial charge in [-0.15, -0.1) is 0 Å². The molecule has 0 saturated heterocycles. The quantitative estimate of drug-likeness (QED) is 0.374. The lowest BCUT2D eigenvalue weighted by molar-refractivity contribution is -0.140. The minimum Gasteiger partial charge on any atom is -0.356 e. The summed E-state index contributed by atoms with van der Waals surface area (Å²) < 4.78 is 51.3. The van der Waals surface area contributed by atoms with Crippen molar-refractivity contribution in [2.24, 2.45) is 0 Å². The number of alkyl halides is 3. The van der Waals surface area contributed by atoms with Crippen LogP contribution in [0.1, 0.15) is 18.1 Å². The van der Waals surface area contributed by atoms with Gasteiger partial charge in [-0.25, -0.2) is 19.3 Å². The number of nitrogens with zero attached hydrogens (tertiary/aromatic N) is 3. The summed E-state index contributed by atoms with van der Waals surface area (Å²) in [6, 6.07) is 8.27. The normalized spacial score (nSPS) is 12.3. The fourth-order valence-corrected chi connectivity index (χ4v) is 3.21. The van der Waals surface area contributed by atoms with Crippen molar-refractivity contribution >= 4 is 33.7 Å². The number of para-hydroxylation sites is 1. The largest absolute Gasteiger partial charge is 0.405 e. The molecule has 1 aromatic carbocycles. The SMILES string of the molecule is CC(C)(Nc1nc(-c2c[nH]c3ncc(F)cc23)nc2ccccc12)C(=O)NCC(F)(F)F.[HH].[HH].[HH]. The van der Waals surface area contributed by atoms with Crippen molar-refractivity contribution in [3.05, 3.63) is 48.5 Å². The Morgan fingerprint density at radius 2 is 1.91 bits per heavy atom. The molecule has 0 bridgehead atoms. The maximum Gasteiger partial charge on any atom is 0.405 e. The topological polar surface area (TPSA) is 95.6 Å². The number of hydrogen-bond donors (Lipinski definition) is 3. The Morgan fingerprint density at radius 1 is 1.16 bits per heavy atom. The third kappa shape index (κ3) is 4.32. The molecule has 0 aliphatic heterocycles. The van der Waals surface area contributed by atoms with E-state index >= 15 is 0 Å². The van der Waals surface area contributed by atoms with E-state index in [1.807, 2.05) is 5.32 Å². The van der Waals surface area contributed by atoms with Crippen LogP contribution in [0.2, 0.25) is 0 Å². The molecule has 1 amide bonds. The van der Waals surface area contributed by atoms with Gasteiger partial charge in [0.1, 0.15) is 29.4 Å². The van der Waals surface area contributed by atoms with Crippen molar-refractivity contribution in [1.29, 1.82) is 0 Å². The molecule has 0 aliphatic rings. The predicted molar refractivity (Wildman–Crippen MR) is 118 cm³/mol. The number of hydrogen-bond acceptors (Lipinski definition) is 5. The van der Waals surface area contributed by atoms with Crippen LogP contribution in [0.3, 0.4) is 0 Å². The molecule has 0 atom stereocenters. The van der Waals surface area contributed by atoms with Crippen LogP contribution in [0.15, 0.2) is 42.7 Å². The molecule has 3 N–H and O–H groups in total. The zero-order valence-corrected chi connectivity index (χ0v) is 17.0. The van der Waals surface area contributed by atoms with Gasteiger partial charge in [0.25, 0.3) is 0 Å². The number of nitrogens with one attached hydrogen (secondary N) is 3. The molecule has 0 spiro atoms. The Kier molecular flexibility index (Phi) is 5.19. The summed E-state index contributed by atoms with van der Waals surface area (Å²) in [4.78, 5) is 28.4. The Bertz CT molecular complexity index is 1330. The lowest BCUT2D eigenvalue weighted by Gasteiger charge is -2.26. The van der Waals surface area contributed by atoms with Crippen LogP contribution >= 0.6 is 0 Å². The van der Waals surface area contributed by atoms with Crippen LogP contribution in [0.5, 0.6) is 0 Å². The highest BCUT2D eigenvalue weighted by molar-refractivity contribution is 5.97. The molecule has 0 radical (unpaired) electrons. The van der Waals surface area contributed by atoms with Crippen LogP contribution in [-0.2, 0) is 4.79 Å². The molecule has 7 nitrogen and oxygen atoms in total. The van der Waals surface area contributed by atoms with E-state index in [2.05, 4.69) is 25.3 Å². The van der Waals surface area contributed by atoms with Crippen molar-refractivity contribution in [2.75, 3.05) is 11.9 Å². The van der Waals surface area contributed by atoms with Gasteiger partial charge in [0.2, 0.25) is 5.91 Å². The molecule has 0 saturated carbocycles. The maximum absolute atomic E-state index is 13.8. The van der Waals surface area contributed by atoms with E-state index < -0.39 is 30.0 Å². The van der Waals surface area contributed by atoms with Crippen LogP contribution in [0.4, 0.5) is 23.4 Å². The first-order valence-corrected chi connectivity index (χ1v) is 9.56. The molecule has 3 heterocycles. The van der Waals surface area contributed by atoms with Gasteiger partial charge in [-0.2, -0.15) is 13.2 Å². The van der Waals surface area contributed by atoms with Crippen molar-refractivity contribution in [3.8, 4) is 11.4 Å². The fraction of sp³-hybridized carbons (Fsp3) is 0.238. The Labute approximate surface area is 183 Å². The average Bonchev–Trinajstić information content (AvgIpc) is 3.14. The Morgan fingerprint density at radius 3 is 2.66 bits per heavy atom. The van der Waals surface area contributed by atoms with E-state index in [-0.39, 0.29) is 15.9 Å². The third-order valence-corrected chi connectivity index (χ3v) is 4.79. The van der Waals surface area contributed by atoms with E-state index in [1.165, 1.54) is 19.9 Å². The summed E-state index contributed by atoms with van der Waals surface area (Å²) in [6.45, 7) is 1.45. The van der Waals surface area contributed by atoms with Crippen molar-refractivity contribution in [3.63, 3.8) is 0 Å². The number of pyridine rings is 1. The first-order valence-electron chi connectivity index (χ1n) is 9.56. The van der Waals surface area contributed by atoms with E-state index in [9.17, 15) is 22.4 Å². The first-order chi connectivity index (χ1) is 15.0. The first kappa shape index (κ1) is 21.5. The lowest BCUT2D eigenvalue weighted by atomic mass is 10.0. The average molecular weight is 452 g/mol. The van der Waals surface area contributed by atoms with Gasteiger partial charge >= 0.3 is 6.18 Å². The monoisotopic (exact) mass is 452 g/mol. The molecule has 0 unspecified atom stereocenters. The zero-order valence-electron chi connectivity index (χ0n) is 17.0. The van der Waals surface area contributed by atoms with Gasteiger partial charge in [-0.1, -0.05) is 12.1 Å². The van der Waals surface area contributed by atoms with Crippen molar-refractivity contribution in [1.82, 2.24) is 25.3 Å². The smallest absolute Gasteiger partial charge is 0.356 e. The van der Waals surface area contributed by atoms with Crippen molar-refractivity contribution in [2.45, 2.75) is 25.6 Å². The molecule has 0 fully saturated rings. The third-order valence-electron chi connectivity index (χ3n) is 4.79. The number of fused-ring (bicyclic) bond motifs is 2. The number of rotatable bonds is 5.